The molecule has 5 rings (SSSR count). The van der Waals surface area contributed by atoms with Crippen LogP contribution in [0.15, 0.2) is 66.9 Å². The van der Waals surface area contributed by atoms with Crippen LogP contribution in [0.2, 0.25) is 0 Å². The van der Waals surface area contributed by atoms with Crippen LogP contribution in [-0.4, -0.2) is 30.7 Å². The maximum Gasteiger partial charge on any atom is 0.179 e. The molecule has 7 heteroatoms. The molecule has 0 amide bonds. The van der Waals surface area contributed by atoms with Crippen LogP contribution in [-0.2, 0) is 6.54 Å². The maximum atomic E-state index is 14.3. The second-order valence-corrected chi connectivity index (χ2v) is 7.07. The molecule has 0 spiro atoms. The molecule has 0 radical (unpaired) electrons. The van der Waals surface area contributed by atoms with Crippen molar-refractivity contribution >= 4 is 27.9 Å². The van der Waals surface area contributed by atoms with E-state index in [0.29, 0.717) is 29.0 Å². The van der Waals surface area contributed by atoms with Crippen molar-refractivity contribution in [2.75, 3.05) is 0 Å². The van der Waals surface area contributed by atoms with Gasteiger partial charge in [0.05, 0.1) is 23.3 Å². The number of pyridine rings is 2. The Morgan fingerprint density at radius 1 is 1.03 bits per heavy atom. The molecule has 2 aromatic carbocycles. The van der Waals surface area contributed by atoms with Crippen molar-refractivity contribution in [3.63, 3.8) is 0 Å². The first-order chi connectivity index (χ1) is 14.6. The zero-order valence-electron chi connectivity index (χ0n) is 16.1. The molecule has 0 aliphatic heterocycles. The van der Waals surface area contributed by atoms with Gasteiger partial charge >= 0.3 is 0 Å². The lowest BCUT2D eigenvalue weighted by Gasteiger charge is -2.06. The smallest absolute Gasteiger partial charge is 0.179 e. The van der Waals surface area contributed by atoms with Crippen molar-refractivity contribution in [1.29, 1.82) is 0 Å². The fourth-order valence-corrected chi connectivity index (χ4v) is 3.48. The van der Waals surface area contributed by atoms with E-state index in [-0.39, 0.29) is 11.3 Å². The van der Waals surface area contributed by atoms with Crippen LogP contribution in [0.3, 0.4) is 0 Å². The number of hydrogen-bond acceptors (Lipinski definition) is 5. The molecule has 3 aromatic heterocycles. The highest BCUT2D eigenvalue weighted by atomic mass is 19.1. The van der Waals surface area contributed by atoms with Gasteiger partial charge in [-0.05, 0) is 55.0 Å². The Morgan fingerprint density at radius 2 is 1.90 bits per heavy atom. The molecule has 3 heterocycles. The summed E-state index contributed by atoms with van der Waals surface area (Å²) in [6.45, 7) is 1.84. The van der Waals surface area contributed by atoms with E-state index in [0.717, 1.165) is 16.5 Å². The van der Waals surface area contributed by atoms with E-state index in [1.54, 1.807) is 23.0 Å². The number of fused-ring (bicyclic) bond motifs is 2. The molecule has 0 aliphatic carbocycles. The fourth-order valence-electron chi connectivity index (χ4n) is 3.48. The highest BCUT2D eigenvalue weighted by Crippen LogP contribution is 2.23. The number of aromatic nitrogens is 5. The van der Waals surface area contributed by atoms with Crippen molar-refractivity contribution in [2.24, 2.45) is 0 Å². The van der Waals surface area contributed by atoms with Gasteiger partial charge in [0.1, 0.15) is 11.3 Å². The molecule has 6 nitrogen and oxygen atoms in total. The summed E-state index contributed by atoms with van der Waals surface area (Å²) in [5.41, 5.74) is 4.48. The molecule has 0 unspecified atom stereocenters. The monoisotopic (exact) mass is 397 g/mol. The van der Waals surface area contributed by atoms with Gasteiger partial charge in [0.25, 0.3) is 0 Å². The highest BCUT2D eigenvalue weighted by molar-refractivity contribution is 5.94. The quantitative estimate of drug-likeness (QED) is 0.420. The predicted molar refractivity (Wildman–Crippen MR) is 112 cm³/mol. The summed E-state index contributed by atoms with van der Waals surface area (Å²) < 4.78 is 16.0. The number of hydrogen-bond donors (Lipinski definition) is 0. The second-order valence-electron chi connectivity index (χ2n) is 7.07. The third-order valence-electron chi connectivity index (χ3n) is 5.00. The van der Waals surface area contributed by atoms with Crippen LogP contribution in [0.5, 0.6) is 0 Å². The number of nitrogens with zero attached hydrogens (tertiary/aromatic N) is 5. The van der Waals surface area contributed by atoms with Crippen molar-refractivity contribution < 1.29 is 9.18 Å². The summed E-state index contributed by atoms with van der Waals surface area (Å²) in [5, 5.41) is 9.47. The fraction of sp³-hybridized carbons (Fsp3) is 0.0870. The van der Waals surface area contributed by atoms with Crippen LogP contribution in [0.25, 0.3) is 33.3 Å². The third-order valence-corrected chi connectivity index (χ3v) is 5.00. The summed E-state index contributed by atoms with van der Waals surface area (Å²) >= 11 is 0. The Balaban J connectivity index is 1.52. The summed E-state index contributed by atoms with van der Waals surface area (Å²) in [6.07, 6.45) is 1.77. The van der Waals surface area contributed by atoms with E-state index in [9.17, 15) is 9.18 Å². The molecular formula is C23H16FN5O. The van der Waals surface area contributed by atoms with Gasteiger partial charge in [0, 0.05) is 17.1 Å². The summed E-state index contributed by atoms with van der Waals surface area (Å²) in [7, 11) is 0. The van der Waals surface area contributed by atoms with Crippen LogP contribution in [0.4, 0.5) is 4.39 Å². The molecule has 0 bridgehead atoms. The van der Waals surface area contributed by atoms with Gasteiger partial charge in [0.2, 0.25) is 0 Å². The Hall–Kier alpha value is -4.00. The molecule has 30 heavy (non-hydrogen) atoms. The van der Waals surface area contributed by atoms with Crippen LogP contribution in [0, 0.1) is 5.82 Å². The van der Waals surface area contributed by atoms with Crippen molar-refractivity contribution in [3.8, 4) is 11.3 Å². The normalized spacial score (nSPS) is 11.3. The van der Waals surface area contributed by atoms with Crippen molar-refractivity contribution in [3.05, 3.63) is 83.8 Å². The van der Waals surface area contributed by atoms with Gasteiger partial charge < -0.3 is 0 Å². The Morgan fingerprint density at radius 3 is 2.73 bits per heavy atom. The third kappa shape index (κ3) is 3.20. The van der Waals surface area contributed by atoms with Gasteiger partial charge in [-0.3, -0.25) is 9.78 Å². The van der Waals surface area contributed by atoms with E-state index < -0.39 is 5.82 Å². The van der Waals surface area contributed by atoms with Crippen molar-refractivity contribution in [1.82, 2.24) is 25.0 Å². The van der Waals surface area contributed by atoms with Crippen molar-refractivity contribution in [2.45, 2.75) is 13.5 Å². The lowest BCUT2D eigenvalue weighted by Crippen LogP contribution is -2.03. The number of rotatable bonds is 4. The first-order valence-electron chi connectivity index (χ1n) is 9.43. The Kier molecular flexibility index (Phi) is 4.28. The number of carbonyl (C=O) groups is 1. The Labute approximate surface area is 171 Å². The van der Waals surface area contributed by atoms with Crippen LogP contribution in [0.1, 0.15) is 22.8 Å². The average Bonchev–Trinajstić information content (AvgIpc) is 3.15. The van der Waals surface area contributed by atoms with E-state index in [1.165, 1.54) is 19.1 Å². The van der Waals surface area contributed by atoms with E-state index >= 15 is 0 Å². The number of halogens is 1. The largest absolute Gasteiger partial charge is 0.294 e. The van der Waals surface area contributed by atoms with Gasteiger partial charge in [-0.2, -0.15) is 0 Å². The SMILES string of the molecule is CC(=O)c1ccc(-c2ccc3nnn(Cc4ccc5ncccc5c4)c3n2)cc1F. The molecule has 5 aromatic rings. The zero-order valence-corrected chi connectivity index (χ0v) is 16.1. The minimum Gasteiger partial charge on any atom is -0.294 e. The van der Waals surface area contributed by atoms with E-state index in [4.69, 9.17) is 0 Å². The Bertz CT molecular complexity index is 1430. The summed E-state index contributed by atoms with van der Waals surface area (Å²) in [4.78, 5) is 20.5. The average molecular weight is 397 g/mol. The predicted octanol–water partition coefficient (Wildman–Crippen LogP) is 4.43. The van der Waals surface area contributed by atoms with Crippen LogP contribution >= 0.6 is 0 Å². The molecule has 0 fully saturated rings. The topological polar surface area (TPSA) is 73.6 Å². The van der Waals surface area contributed by atoms with Crippen LogP contribution < -0.4 is 0 Å². The lowest BCUT2D eigenvalue weighted by molar-refractivity contribution is 0.101. The maximum absolute atomic E-state index is 14.3. The van der Waals surface area contributed by atoms with Gasteiger partial charge in [-0.15, -0.1) is 5.10 Å². The van der Waals surface area contributed by atoms with Gasteiger partial charge in [-0.25, -0.2) is 14.1 Å². The number of benzene rings is 2. The minimum atomic E-state index is -0.557. The standard InChI is InChI=1S/C23H16FN5O/c1-14(30)18-6-5-17(12-19(18)24)21-8-9-22-23(26-21)29(28-27-22)13-15-4-7-20-16(11-15)3-2-10-25-20/h2-12H,13H2,1H3. The van der Waals surface area contributed by atoms with Gasteiger partial charge in [0.15, 0.2) is 11.4 Å². The second kappa shape index (κ2) is 7.11. The molecule has 0 saturated heterocycles. The number of ketones is 1. The van der Waals surface area contributed by atoms with E-state index in [2.05, 4.69) is 26.3 Å². The first-order valence-corrected chi connectivity index (χ1v) is 9.43. The molecule has 0 aliphatic rings. The number of carbonyl (C=O) groups excluding carboxylic acids is 1. The zero-order chi connectivity index (χ0) is 20.7. The highest BCUT2D eigenvalue weighted by Gasteiger charge is 2.12. The molecular weight excluding hydrogens is 381 g/mol. The number of Topliss-reactive ketones (excluding diaryl/α,β-unsaturated/α-hetero) is 1. The summed E-state index contributed by atoms with van der Waals surface area (Å²) in [5.74, 6) is -0.867. The van der Waals surface area contributed by atoms with E-state index in [1.807, 2.05) is 30.3 Å². The molecule has 0 atom stereocenters. The molecule has 146 valence electrons. The minimum absolute atomic E-state index is 0.0670. The van der Waals surface area contributed by atoms with Gasteiger partial charge in [-0.1, -0.05) is 23.4 Å². The molecule has 0 N–H and O–H groups in total. The lowest BCUT2D eigenvalue weighted by atomic mass is 10.1. The first kappa shape index (κ1) is 18.1. The summed E-state index contributed by atoms with van der Waals surface area (Å²) in [6, 6.07) is 18.0. The molecule has 0 saturated carbocycles.